The summed E-state index contributed by atoms with van der Waals surface area (Å²) in [7, 11) is 0. The summed E-state index contributed by atoms with van der Waals surface area (Å²) in [4.78, 5) is 26.6. The van der Waals surface area contributed by atoms with Crippen LogP contribution in [0.15, 0.2) is 24.3 Å². The van der Waals surface area contributed by atoms with Gasteiger partial charge in [0.1, 0.15) is 23.0 Å². The standard InChI is InChI=1S/C21H29NO5/c1-5-25-19(23)17-8-6-7-9-18(17)26-16-12-14-10-11-15(13-16)22(14)20(24)27-21(2,3)4/h6-9,14-16H,5,10-13H2,1-4H3/t14-,15+,16?. The summed E-state index contributed by atoms with van der Waals surface area (Å²) in [5, 5.41) is 0. The molecule has 0 aromatic heterocycles. The van der Waals surface area contributed by atoms with E-state index >= 15 is 0 Å². The average molecular weight is 375 g/mol. The molecule has 0 spiro atoms. The van der Waals surface area contributed by atoms with Gasteiger partial charge in [0.2, 0.25) is 0 Å². The normalized spacial score (nSPS) is 24.4. The fraction of sp³-hybridized carbons (Fsp3) is 0.619. The molecule has 6 heteroatoms. The van der Waals surface area contributed by atoms with Gasteiger partial charge in [-0.05, 0) is 52.7 Å². The van der Waals surface area contributed by atoms with Crippen molar-refractivity contribution < 1.29 is 23.8 Å². The van der Waals surface area contributed by atoms with Crippen molar-refractivity contribution in [3.05, 3.63) is 29.8 Å². The third-order valence-electron chi connectivity index (χ3n) is 4.97. The van der Waals surface area contributed by atoms with E-state index in [1.165, 1.54) is 0 Å². The molecule has 3 atom stereocenters. The van der Waals surface area contributed by atoms with E-state index in [0.717, 1.165) is 25.7 Å². The fourth-order valence-electron chi connectivity index (χ4n) is 3.96. The molecule has 1 amide bonds. The van der Waals surface area contributed by atoms with Crippen LogP contribution in [-0.4, -0.2) is 47.4 Å². The molecule has 148 valence electrons. The Balaban J connectivity index is 1.68. The summed E-state index contributed by atoms with van der Waals surface area (Å²) in [6.07, 6.45) is 3.14. The second-order valence-electron chi connectivity index (χ2n) is 8.20. The van der Waals surface area contributed by atoms with Crippen LogP contribution in [0, 0.1) is 0 Å². The van der Waals surface area contributed by atoms with Crippen LogP contribution >= 0.6 is 0 Å². The lowest BCUT2D eigenvalue weighted by Crippen LogP contribution is -2.50. The minimum atomic E-state index is -0.498. The van der Waals surface area contributed by atoms with Crippen LogP contribution in [0.4, 0.5) is 4.79 Å². The number of hydrogen-bond acceptors (Lipinski definition) is 5. The van der Waals surface area contributed by atoms with Crippen molar-refractivity contribution >= 4 is 12.1 Å². The number of ether oxygens (including phenoxy) is 3. The highest BCUT2D eigenvalue weighted by Gasteiger charge is 2.45. The van der Waals surface area contributed by atoms with Crippen LogP contribution in [0.25, 0.3) is 0 Å². The van der Waals surface area contributed by atoms with Crippen LogP contribution in [-0.2, 0) is 9.47 Å². The Bertz CT molecular complexity index is 682. The Morgan fingerprint density at radius 1 is 1.11 bits per heavy atom. The predicted molar refractivity (Wildman–Crippen MR) is 101 cm³/mol. The van der Waals surface area contributed by atoms with E-state index in [4.69, 9.17) is 14.2 Å². The number of rotatable bonds is 4. The quantitative estimate of drug-likeness (QED) is 0.739. The van der Waals surface area contributed by atoms with Gasteiger partial charge < -0.3 is 19.1 Å². The molecular formula is C21H29NO5. The van der Waals surface area contributed by atoms with Gasteiger partial charge in [0, 0.05) is 24.9 Å². The maximum absolute atomic E-state index is 12.6. The molecule has 6 nitrogen and oxygen atoms in total. The predicted octanol–water partition coefficient (Wildman–Crippen LogP) is 4.17. The van der Waals surface area contributed by atoms with Gasteiger partial charge in [0.25, 0.3) is 0 Å². The van der Waals surface area contributed by atoms with Crippen LogP contribution < -0.4 is 4.74 Å². The maximum atomic E-state index is 12.6. The number of para-hydroxylation sites is 1. The Morgan fingerprint density at radius 2 is 1.74 bits per heavy atom. The fourth-order valence-corrected chi connectivity index (χ4v) is 3.96. The Hall–Kier alpha value is -2.24. The van der Waals surface area contributed by atoms with Crippen LogP contribution in [0.3, 0.4) is 0 Å². The molecule has 0 aliphatic carbocycles. The first-order valence-electron chi connectivity index (χ1n) is 9.72. The highest BCUT2D eigenvalue weighted by atomic mass is 16.6. The number of carbonyl (C=O) groups is 2. The zero-order chi connectivity index (χ0) is 19.6. The second kappa shape index (κ2) is 7.79. The zero-order valence-electron chi connectivity index (χ0n) is 16.6. The summed E-state index contributed by atoms with van der Waals surface area (Å²) in [5.74, 6) is 0.174. The number of amides is 1. The van der Waals surface area contributed by atoms with E-state index in [9.17, 15) is 9.59 Å². The van der Waals surface area contributed by atoms with E-state index in [1.807, 2.05) is 31.7 Å². The molecule has 0 N–H and O–H groups in total. The number of fused-ring (bicyclic) bond motifs is 2. The molecule has 2 aliphatic heterocycles. The molecule has 3 rings (SSSR count). The van der Waals surface area contributed by atoms with Crippen LogP contribution in [0.1, 0.15) is 63.7 Å². The molecule has 1 unspecified atom stereocenters. The van der Waals surface area contributed by atoms with Crippen molar-refractivity contribution in [3.63, 3.8) is 0 Å². The minimum absolute atomic E-state index is 0.0308. The minimum Gasteiger partial charge on any atom is -0.489 e. The smallest absolute Gasteiger partial charge is 0.410 e. The van der Waals surface area contributed by atoms with Crippen molar-refractivity contribution in [2.24, 2.45) is 0 Å². The summed E-state index contributed by atoms with van der Waals surface area (Å²) in [6, 6.07) is 7.42. The first-order chi connectivity index (χ1) is 12.8. The second-order valence-corrected chi connectivity index (χ2v) is 8.20. The first-order valence-corrected chi connectivity index (χ1v) is 9.72. The van der Waals surface area contributed by atoms with Gasteiger partial charge in [-0.2, -0.15) is 0 Å². The Labute approximate surface area is 160 Å². The third kappa shape index (κ3) is 4.54. The number of piperidine rings is 1. The lowest BCUT2D eigenvalue weighted by Gasteiger charge is -2.39. The summed E-state index contributed by atoms with van der Waals surface area (Å²) in [6.45, 7) is 7.76. The zero-order valence-corrected chi connectivity index (χ0v) is 16.6. The van der Waals surface area contributed by atoms with Crippen molar-refractivity contribution in [2.45, 2.75) is 77.2 Å². The molecule has 0 saturated carbocycles. The van der Waals surface area contributed by atoms with Crippen molar-refractivity contribution in [1.29, 1.82) is 0 Å². The number of hydrogen-bond donors (Lipinski definition) is 0. The van der Waals surface area contributed by atoms with Gasteiger partial charge in [-0.1, -0.05) is 12.1 Å². The SMILES string of the molecule is CCOC(=O)c1ccccc1OC1C[C@H]2CC[C@@H](C1)N2C(=O)OC(C)(C)C. The Morgan fingerprint density at radius 3 is 2.33 bits per heavy atom. The molecule has 0 radical (unpaired) electrons. The summed E-state index contributed by atoms with van der Waals surface area (Å²) in [5.41, 5.74) is -0.0519. The summed E-state index contributed by atoms with van der Waals surface area (Å²) >= 11 is 0. The number of benzene rings is 1. The van der Waals surface area contributed by atoms with Crippen LogP contribution in [0.2, 0.25) is 0 Å². The number of esters is 1. The van der Waals surface area contributed by atoms with Crippen molar-refractivity contribution in [2.75, 3.05) is 6.61 Å². The molecule has 2 fully saturated rings. The largest absolute Gasteiger partial charge is 0.489 e. The lowest BCUT2D eigenvalue weighted by molar-refractivity contribution is -0.00718. The Kier molecular flexibility index (Phi) is 5.63. The molecule has 27 heavy (non-hydrogen) atoms. The van der Waals surface area contributed by atoms with Gasteiger partial charge in [-0.3, -0.25) is 0 Å². The van der Waals surface area contributed by atoms with E-state index in [0.29, 0.717) is 17.9 Å². The number of carbonyl (C=O) groups excluding carboxylic acids is 2. The molecular weight excluding hydrogens is 346 g/mol. The van der Waals surface area contributed by atoms with Gasteiger partial charge in [0.05, 0.1) is 6.61 Å². The average Bonchev–Trinajstić information content (AvgIpc) is 2.85. The molecule has 2 bridgehead atoms. The highest BCUT2D eigenvalue weighted by Crippen LogP contribution is 2.38. The van der Waals surface area contributed by atoms with E-state index < -0.39 is 5.60 Å². The topological polar surface area (TPSA) is 65.1 Å². The van der Waals surface area contributed by atoms with Crippen LogP contribution in [0.5, 0.6) is 5.75 Å². The maximum Gasteiger partial charge on any atom is 0.410 e. The van der Waals surface area contributed by atoms with E-state index in [1.54, 1.807) is 25.1 Å². The molecule has 1 aromatic rings. The highest BCUT2D eigenvalue weighted by molar-refractivity contribution is 5.92. The van der Waals surface area contributed by atoms with Gasteiger partial charge in [-0.15, -0.1) is 0 Å². The van der Waals surface area contributed by atoms with E-state index in [2.05, 4.69) is 0 Å². The van der Waals surface area contributed by atoms with Gasteiger partial charge in [0.15, 0.2) is 0 Å². The lowest BCUT2D eigenvalue weighted by atomic mass is 10.00. The molecule has 2 saturated heterocycles. The molecule has 2 aliphatic rings. The van der Waals surface area contributed by atoms with Crippen molar-refractivity contribution in [1.82, 2.24) is 4.90 Å². The van der Waals surface area contributed by atoms with Crippen molar-refractivity contribution in [3.8, 4) is 5.75 Å². The van der Waals surface area contributed by atoms with E-state index in [-0.39, 0.29) is 30.3 Å². The summed E-state index contributed by atoms with van der Waals surface area (Å²) < 4.78 is 16.9. The molecule has 2 heterocycles. The third-order valence-corrected chi connectivity index (χ3v) is 4.97. The monoisotopic (exact) mass is 375 g/mol. The van der Waals surface area contributed by atoms with Gasteiger partial charge >= 0.3 is 12.1 Å². The van der Waals surface area contributed by atoms with Gasteiger partial charge in [-0.25, -0.2) is 9.59 Å². The number of nitrogens with zero attached hydrogens (tertiary/aromatic N) is 1. The first kappa shape index (κ1) is 19.5. The molecule has 1 aromatic carbocycles.